The van der Waals surface area contributed by atoms with Gasteiger partial charge in [0.05, 0.1) is 12.1 Å². The molecule has 3 aromatic rings. The van der Waals surface area contributed by atoms with Crippen LogP contribution in [-0.4, -0.2) is 21.7 Å². The molecule has 102 valence electrons. The molecule has 0 radical (unpaired) electrons. The maximum atomic E-state index is 6.17. The van der Waals surface area contributed by atoms with Gasteiger partial charge in [-0.15, -0.1) is 5.10 Å². The van der Waals surface area contributed by atoms with E-state index in [-0.39, 0.29) is 5.95 Å². The van der Waals surface area contributed by atoms with Crippen molar-refractivity contribution >= 4 is 23.2 Å². The van der Waals surface area contributed by atoms with Crippen LogP contribution in [0.3, 0.4) is 0 Å². The third-order valence-electron chi connectivity index (χ3n) is 3.16. The quantitative estimate of drug-likeness (QED) is 0.787. The molecule has 20 heavy (non-hydrogen) atoms. The first-order valence-electron chi connectivity index (χ1n) is 6.05. The fourth-order valence-electron chi connectivity index (χ4n) is 2.18. The Bertz CT molecular complexity index is 797. The van der Waals surface area contributed by atoms with E-state index in [9.17, 15) is 0 Å². The molecule has 1 aromatic carbocycles. The first kappa shape index (κ1) is 12.7. The van der Waals surface area contributed by atoms with Crippen LogP contribution in [0.5, 0.6) is 5.75 Å². The lowest BCUT2D eigenvalue weighted by Gasteiger charge is -2.09. The average molecular weight is 289 g/mol. The standard InChI is InChI=1S/C14H13ClN4O/c1-8-5-13-17-14(16)18-19(13)7-10(8)9-3-4-12(20-2)11(15)6-9/h3-7H,1-2H3,(H2,16,18). The topological polar surface area (TPSA) is 65.4 Å². The monoisotopic (exact) mass is 288 g/mol. The lowest BCUT2D eigenvalue weighted by atomic mass is 10.0. The van der Waals surface area contributed by atoms with Crippen LogP contribution in [0.2, 0.25) is 5.02 Å². The number of nitrogens with two attached hydrogens (primary N) is 1. The third-order valence-corrected chi connectivity index (χ3v) is 3.45. The van der Waals surface area contributed by atoms with E-state index in [1.165, 1.54) is 0 Å². The van der Waals surface area contributed by atoms with Crippen LogP contribution < -0.4 is 10.5 Å². The number of aromatic nitrogens is 3. The van der Waals surface area contributed by atoms with Crippen molar-refractivity contribution in [3.8, 4) is 16.9 Å². The van der Waals surface area contributed by atoms with Gasteiger partial charge >= 0.3 is 0 Å². The van der Waals surface area contributed by atoms with Gasteiger partial charge < -0.3 is 10.5 Å². The van der Waals surface area contributed by atoms with E-state index in [1.807, 2.05) is 37.4 Å². The lowest BCUT2D eigenvalue weighted by Crippen LogP contribution is -1.93. The zero-order valence-corrected chi connectivity index (χ0v) is 11.8. The Balaban J connectivity index is 2.17. The van der Waals surface area contributed by atoms with E-state index in [1.54, 1.807) is 11.6 Å². The predicted molar refractivity (Wildman–Crippen MR) is 79.1 cm³/mol. The van der Waals surface area contributed by atoms with Crippen molar-refractivity contribution in [2.45, 2.75) is 6.92 Å². The van der Waals surface area contributed by atoms with Crippen LogP contribution >= 0.6 is 11.6 Å². The highest BCUT2D eigenvalue weighted by Crippen LogP contribution is 2.31. The number of hydrogen-bond donors (Lipinski definition) is 1. The minimum atomic E-state index is 0.259. The highest BCUT2D eigenvalue weighted by molar-refractivity contribution is 6.32. The molecule has 0 amide bonds. The van der Waals surface area contributed by atoms with E-state index in [2.05, 4.69) is 10.1 Å². The Morgan fingerprint density at radius 2 is 2.10 bits per heavy atom. The lowest BCUT2D eigenvalue weighted by molar-refractivity contribution is 0.415. The molecular weight excluding hydrogens is 276 g/mol. The maximum Gasteiger partial charge on any atom is 0.240 e. The van der Waals surface area contributed by atoms with Crippen molar-refractivity contribution in [3.05, 3.63) is 41.0 Å². The van der Waals surface area contributed by atoms with Gasteiger partial charge in [-0.1, -0.05) is 17.7 Å². The molecule has 2 heterocycles. The van der Waals surface area contributed by atoms with E-state index in [0.29, 0.717) is 10.8 Å². The molecule has 0 saturated carbocycles. The number of pyridine rings is 1. The van der Waals surface area contributed by atoms with E-state index in [0.717, 1.165) is 22.3 Å². The number of nitrogens with zero attached hydrogens (tertiary/aromatic N) is 3. The summed E-state index contributed by atoms with van der Waals surface area (Å²) in [6.07, 6.45) is 1.90. The SMILES string of the molecule is COc1ccc(-c2cn3nc(N)nc3cc2C)cc1Cl. The minimum Gasteiger partial charge on any atom is -0.495 e. The molecule has 2 aromatic heterocycles. The van der Waals surface area contributed by atoms with Crippen molar-refractivity contribution in [3.63, 3.8) is 0 Å². The largest absolute Gasteiger partial charge is 0.495 e. The Morgan fingerprint density at radius 3 is 2.80 bits per heavy atom. The summed E-state index contributed by atoms with van der Waals surface area (Å²) in [7, 11) is 1.59. The van der Waals surface area contributed by atoms with Crippen LogP contribution in [-0.2, 0) is 0 Å². The molecular formula is C14H13ClN4O. The summed E-state index contributed by atoms with van der Waals surface area (Å²) in [6.45, 7) is 2.01. The molecule has 5 nitrogen and oxygen atoms in total. The van der Waals surface area contributed by atoms with E-state index in [4.69, 9.17) is 22.1 Å². The molecule has 0 spiro atoms. The van der Waals surface area contributed by atoms with Crippen LogP contribution in [0, 0.1) is 6.92 Å². The van der Waals surface area contributed by atoms with Crippen molar-refractivity contribution < 1.29 is 4.74 Å². The number of benzene rings is 1. The summed E-state index contributed by atoms with van der Waals surface area (Å²) in [6, 6.07) is 7.61. The summed E-state index contributed by atoms with van der Waals surface area (Å²) in [4.78, 5) is 4.14. The molecule has 0 unspecified atom stereocenters. The van der Waals surface area contributed by atoms with Crippen LogP contribution in [0.4, 0.5) is 5.95 Å². The first-order chi connectivity index (χ1) is 9.58. The number of anilines is 1. The predicted octanol–water partition coefficient (Wildman–Crippen LogP) is 2.95. The van der Waals surface area contributed by atoms with E-state index >= 15 is 0 Å². The Labute approximate surface area is 121 Å². The second-order valence-corrected chi connectivity index (χ2v) is 4.90. The number of ether oxygens (including phenoxy) is 1. The highest BCUT2D eigenvalue weighted by Gasteiger charge is 2.09. The smallest absolute Gasteiger partial charge is 0.240 e. The van der Waals surface area contributed by atoms with Crippen LogP contribution in [0.1, 0.15) is 5.56 Å². The van der Waals surface area contributed by atoms with Gasteiger partial charge in [-0.05, 0) is 36.2 Å². The van der Waals surface area contributed by atoms with E-state index < -0.39 is 0 Å². The van der Waals surface area contributed by atoms with Gasteiger partial charge in [0.2, 0.25) is 5.95 Å². The number of rotatable bonds is 2. The summed E-state index contributed by atoms with van der Waals surface area (Å²) < 4.78 is 6.83. The molecule has 0 bridgehead atoms. The number of fused-ring (bicyclic) bond motifs is 1. The van der Waals surface area contributed by atoms with Crippen molar-refractivity contribution in [2.75, 3.05) is 12.8 Å². The van der Waals surface area contributed by atoms with Crippen LogP contribution in [0.25, 0.3) is 16.8 Å². The van der Waals surface area contributed by atoms with Gasteiger partial charge in [0, 0.05) is 11.8 Å². The number of hydrogen-bond acceptors (Lipinski definition) is 4. The number of halogens is 1. The molecule has 0 aliphatic rings. The van der Waals surface area contributed by atoms with Crippen LogP contribution in [0.15, 0.2) is 30.5 Å². The Morgan fingerprint density at radius 1 is 1.30 bits per heavy atom. The minimum absolute atomic E-state index is 0.259. The summed E-state index contributed by atoms with van der Waals surface area (Å²) in [5.41, 5.74) is 9.42. The Kier molecular flexibility index (Phi) is 2.99. The molecule has 0 aliphatic carbocycles. The summed E-state index contributed by atoms with van der Waals surface area (Å²) in [5, 5.41) is 4.69. The number of nitrogen functional groups attached to an aromatic ring is 1. The van der Waals surface area contributed by atoms with Gasteiger partial charge in [0.15, 0.2) is 5.65 Å². The Hall–Kier alpha value is -2.27. The molecule has 0 aliphatic heterocycles. The van der Waals surface area contributed by atoms with Crippen molar-refractivity contribution in [1.82, 2.24) is 14.6 Å². The van der Waals surface area contributed by atoms with Gasteiger partial charge in [0.25, 0.3) is 0 Å². The fourth-order valence-corrected chi connectivity index (χ4v) is 2.44. The first-order valence-corrected chi connectivity index (χ1v) is 6.42. The second kappa shape index (κ2) is 4.68. The maximum absolute atomic E-state index is 6.17. The molecule has 0 atom stereocenters. The molecule has 6 heteroatoms. The highest BCUT2D eigenvalue weighted by atomic mass is 35.5. The molecule has 0 saturated heterocycles. The average Bonchev–Trinajstić information content (AvgIpc) is 2.76. The third kappa shape index (κ3) is 2.06. The molecule has 0 fully saturated rings. The second-order valence-electron chi connectivity index (χ2n) is 4.49. The summed E-state index contributed by atoms with van der Waals surface area (Å²) >= 11 is 6.17. The van der Waals surface area contributed by atoms with Gasteiger partial charge in [-0.25, -0.2) is 4.52 Å². The zero-order chi connectivity index (χ0) is 14.3. The van der Waals surface area contributed by atoms with Gasteiger partial charge in [-0.2, -0.15) is 4.98 Å². The van der Waals surface area contributed by atoms with Crippen molar-refractivity contribution in [1.29, 1.82) is 0 Å². The normalized spacial score (nSPS) is 10.9. The van der Waals surface area contributed by atoms with Gasteiger partial charge in [-0.3, -0.25) is 0 Å². The van der Waals surface area contributed by atoms with Crippen molar-refractivity contribution in [2.24, 2.45) is 0 Å². The zero-order valence-electron chi connectivity index (χ0n) is 11.1. The fraction of sp³-hybridized carbons (Fsp3) is 0.143. The molecule has 2 N–H and O–H groups in total. The number of aryl methyl sites for hydroxylation is 1. The number of methoxy groups -OCH3 is 1. The van der Waals surface area contributed by atoms with Gasteiger partial charge in [0.1, 0.15) is 5.75 Å². The summed E-state index contributed by atoms with van der Waals surface area (Å²) in [5.74, 6) is 0.911. The molecule has 3 rings (SSSR count).